The molecule has 2 aromatic rings. The Morgan fingerprint density at radius 3 is 2.65 bits per heavy atom. The summed E-state index contributed by atoms with van der Waals surface area (Å²) in [4.78, 5) is 4.36. The Balaban J connectivity index is 1.96. The molecular weight excluding hydrogens is 274 g/mol. The number of nitrogens with one attached hydrogen (secondary N) is 2. The zero-order valence-corrected chi connectivity index (χ0v) is 12.4. The third-order valence-electron chi connectivity index (χ3n) is 2.69. The zero-order valence-electron chi connectivity index (χ0n) is 11.6. The fraction of sp³-hybridized carbons (Fsp3) is 0.357. The summed E-state index contributed by atoms with van der Waals surface area (Å²) >= 11 is 5.84. The minimum absolute atomic E-state index is 0.460. The molecule has 0 saturated heterocycles. The summed E-state index contributed by atoms with van der Waals surface area (Å²) in [6.07, 6.45) is 2.71. The van der Waals surface area contributed by atoms with Gasteiger partial charge >= 0.3 is 0 Å². The van der Waals surface area contributed by atoms with Gasteiger partial charge in [0.15, 0.2) is 5.82 Å². The Bertz CT molecular complexity index is 542. The lowest BCUT2D eigenvalue weighted by Crippen LogP contribution is -2.08. The summed E-state index contributed by atoms with van der Waals surface area (Å²) in [6.45, 7) is 5.25. The average molecular weight is 292 g/mol. The van der Waals surface area contributed by atoms with E-state index in [2.05, 4.69) is 39.7 Å². The van der Waals surface area contributed by atoms with Crippen molar-refractivity contribution in [3.8, 4) is 0 Å². The molecule has 1 aromatic carbocycles. The van der Waals surface area contributed by atoms with Crippen LogP contribution in [-0.2, 0) is 0 Å². The van der Waals surface area contributed by atoms with E-state index in [1.54, 1.807) is 6.20 Å². The van der Waals surface area contributed by atoms with Crippen LogP contribution >= 0.6 is 11.6 Å². The summed E-state index contributed by atoms with van der Waals surface area (Å²) in [6, 6.07) is 7.35. The van der Waals surface area contributed by atoms with Crippen LogP contribution in [0.2, 0.25) is 5.02 Å². The van der Waals surface area contributed by atoms with Gasteiger partial charge in [-0.15, -0.1) is 5.10 Å². The van der Waals surface area contributed by atoms with Gasteiger partial charge in [-0.05, 0) is 36.6 Å². The second-order valence-electron chi connectivity index (χ2n) is 4.91. The number of halogens is 1. The van der Waals surface area contributed by atoms with Crippen LogP contribution in [0.3, 0.4) is 0 Å². The first-order valence-corrected chi connectivity index (χ1v) is 6.97. The Labute approximate surface area is 123 Å². The number of anilines is 3. The van der Waals surface area contributed by atoms with E-state index in [1.807, 2.05) is 24.3 Å². The van der Waals surface area contributed by atoms with Crippen LogP contribution in [0.5, 0.6) is 0 Å². The van der Waals surface area contributed by atoms with Crippen molar-refractivity contribution in [1.82, 2.24) is 15.2 Å². The van der Waals surface area contributed by atoms with Gasteiger partial charge in [0.1, 0.15) is 0 Å². The van der Waals surface area contributed by atoms with Crippen molar-refractivity contribution >= 4 is 29.1 Å². The van der Waals surface area contributed by atoms with Crippen LogP contribution < -0.4 is 10.6 Å². The van der Waals surface area contributed by atoms with Gasteiger partial charge in [-0.2, -0.15) is 10.1 Å². The smallest absolute Gasteiger partial charge is 0.249 e. The van der Waals surface area contributed by atoms with E-state index in [9.17, 15) is 0 Å². The molecule has 0 spiro atoms. The number of aromatic nitrogens is 3. The summed E-state index contributed by atoms with van der Waals surface area (Å²) < 4.78 is 0. The third kappa shape index (κ3) is 4.66. The zero-order chi connectivity index (χ0) is 14.4. The number of hydrogen-bond donors (Lipinski definition) is 2. The molecule has 5 nitrogen and oxygen atoms in total. The normalized spacial score (nSPS) is 10.6. The Hall–Kier alpha value is -1.88. The van der Waals surface area contributed by atoms with Crippen molar-refractivity contribution in [3.05, 3.63) is 35.5 Å². The molecule has 0 amide bonds. The molecule has 0 aliphatic rings. The highest BCUT2D eigenvalue weighted by Crippen LogP contribution is 2.16. The third-order valence-corrected chi connectivity index (χ3v) is 2.94. The molecule has 0 unspecified atom stereocenters. The standard InChI is InChI=1S/C14H18ClN5/c1-10(2)7-8-16-13-9-17-20-14(19-13)18-12-5-3-11(15)4-6-12/h3-6,9-10H,7-8H2,1-2H3,(H2,16,18,19,20). The molecule has 2 rings (SSSR count). The van der Waals surface area contributed by atoms with Gasteiger partial charge in [-0.1, -0.05) is 25.4 Å². The summed E-state index contributed by atoms with van der Waals surface area (Å²) in [5, 5.41) is 14.9. The van der Waals surface area contributed by atoms with Crippen molar-refractivity contribution in [1.29, 1.82) is 0 Å². The van der Waals surface area contributed by atoms with E-state index in [1.165, 1.54) is 0 Å². The van der Waals surface area contributed by atoms with Crippen LogP contribution in [0.1, 0.15) is 20.3 Å². The molecule has 0 radical (unpaired) electrons. The Morgan fingerprint density at radius 2 is 1.95 bits per heavy atom. The molecule has 1 aromatic heterocycles. The van der Waals surface area contributed by atoms with Crippen molar-refractivity contribution < 1.29 is 0 Å². The van der Waals surface area contributed by atoms with Crippen molar-refractivity contribution in [2.75, 3.05) is 17.2 Å². The lowest BCUT2D eigenvalue weighted by Gasteiger charge is -2.08. The molecule has 0 aliphatic heterocycles. The second-order valence-corrected chi connectivity index (χ2v) is 5.34. The van der Waals surface area contributed by atoms with Crippen LogP contribution in [-0.4, -0.2) is 21.7 Å². The maximum atomic E-state index is 5.84. The Morgan fingerprint density at radius 1 is 1.20 bits per heavy atom. The van der Waals surface area contributed by atoms with Gasteiger partial charge in [0.05, 0.1) is 6.20 Å². The first-order valence-electron chi connectivity index (χ1n) is 6.59. The SMILES string of the molecule is CC(C)CCNc1cnnc(Nc2ccc(Cl)cc2)n1. The average Bonchev–Trinajstić information content (AvgIpc) is 2.41. The highest BCUT2D eigenvalue weighted by atomic mass is 35.5. The van der Waals surface area contributed by atoms with Crippen molar-refractivity contribution in [3.63, 3.8) is 0 Å². The molecule has 20 heavy (non-hydrogen) atoms. The molecule has 1 heterocycles. The van der Waals surface area contributed by atoms with E-state index in [0.717, 1.165) is 24.5 Å². The molecule has 106 valence electrons. The minimum Gasteiger partial charge on any atom is -0.369 e. The van der Waals surface area contributed by atoms with Crippen LogP contribution in [0.15, 0.2) is 30.5 Å². The molecule has 0 bridgehead atoms. The highest BCUT2D eigenvalue weighted by Gasteiger charge is 2.02. The van der Waals surface area contributed by atoms with E-state index in [0.29, 0.717) is 16.9 Å². The quantitative estimate of drug-likeness (QED) is 0.849. The largest absolute Gasteiger partial charge is 0.369 e. The van der Waals surface area contributed by atoms with Crippen LogP contribution in [0, 0.1) is 5.92 Å². The molecular formula is C14H18ClN5. The molecule has 2 N–H and O–H groups in total. The van der Waals surface area contributed by atoms with E-state index >= 15 is 0 Å². The summed E-state index contributed by atoms with van der Waals surface area (Å²) in [5.74, 6) is 1.84. The number of benzene rings is 1. The Kier molecular flexibility index (Phi) is 5.12. The minimum atomic E-state index is 0.460. The van der Waals surface area contributed by atoms with Crippen LogP contribution in [0.4, 0.5) is 17.5 Å². The molecule has 6 heteroatoms. The van der Waals surface area contributed by atoms with Gasteiger partial charge in [-0.3, -0.25) is 0 Å². The van der Waals surface area contributed by atoms with E-state index in [-0.39, 0.29) is 0 Å². The maximum Gasteiger partial charge on any atom is 0.249 e. The number of hydrogen-bond acceptors (Lipinski definition) is 5. The molecule has 0 atom stereocenters. The predicted octanol–water partition coefficient (Wildman–Crippen LogP) is 3.73. The fourth-order valence-corrected chi connectivity index (χ4v) is 1.72. The second kappa shape index (κ2) is 7.05. The number of nitrogens with zero attached hydrogens (tertiary/aromatic N) is 3. The predicted molar refractivity (Wildman–Crippen MR) is 82.5 cm³/mol. The van der Waals surface area contributed by atoms with E-state index < -0.39 is 0 Å². The topological polar surface area (TPSA) is 62.7 Å². The molecule has 0 fully saturated rings. The molecule has 0 aliphatic carbocycles. The van der Waals surface area contributed by atoms with Gasteiger partial charge in [-0.25, -0.2) is 0 Å². The maximum absolute atomic E-state index is 5.84. The first-order chi connectivity index (χ1) is 9.63. The summed E-state index contributed by atoms with van der Waals surface area (Å²) in [7, 11) is 0. The number of rotatable bonds is 6. The van der Waals surface area contributed by atoms with Crippen LogP contribution in [0.25, 0.3) is 0 Å². The van der Waals surface area contributed by atoms with Gasteiger partial charge in [0.25, 0.3) is 0 Å². The van der Waals surface area contributed by atoms with Crippen molar-refractivity contribution in [2.24, 2.45) is 5.92 Å². The van der Waals surface area contributed by atoms with Crippen molar-refractivity contribution in [2.45, 2.75) is 20.3 Å². The van der Waals surface area contributed by atoms with Gasteiger partial charge < -0.3 is 10.6 Å². The lowest BCUT2D eigenvalue weighted by atomic mass is 10.1. The fourth-order valence-electron chi connectivity index (χ4n) is 1.59. The monoisotopic (exact) mass is 291 g/mol. The first kappa shape index (κ1) is 14.5. The lowest BCUT2D eigenvalue weighted by molar-refractivity contribution is 0.606. The van der Waals surface area contributed by atoms with E-state index in [4.69, 9.17) is 11.6 Å². The van der Waals surface area contributed by atoms with Gasteiger partial charge in [0.2, 0.25) is 5.95 Å². The highest BCUT2D eigenvalue weighted by molar-refractivity contribution is 6.30. The van der Waals surface area contributed by atoms with Gasteiger partial charge in [0, 0.05) is 17.3 Å². The molecule has 0 saturated carbocycles. The summed E-state index contributed by atoms with van der Waals surface area (Å²) in [5.41, 5.74) is 0.871.